The number of nitrogens with zero attached hydrogens (tertiary/aromatic N) is 6. The summed E-state index contributed by atoms with van der Waals surface area (Å²) in [5.41, 5.74) is 21.8. The van der Waals surface area contributed by atoms with Crippen LogP contribution in [0.2, 0.25) is 0 Å². The van der Waals surface area contributed by atoms with Gasteiger partial charge in [0.15, 0.2) is 11.6 Å². The fraction of sp³-hybridized carbons (Fsp3) is 0.0323. The predicted molar refractivity (Wildman–Crippen MR) is 271 cm³/mol. The molecule has 7 aromatic carbocycles. The van der Waals surface area contributed by atoms with E-state index in [9.17, 15) is 0 Å². The topological polar surface area (TPSA) is 77.3 Å². The highest BCUT2D eigenvalue weighted by Gasteiger charge is 2.41. The third-order valence-electron chi connectivity index (χ3n) is 13.5. The van der Waals surface area contributed by atoms with Crippen molar-refractivity contribution < 1.29 is 0 Å². The second kappa shape index (κ2) is 16.5. The number of hydrogen-bond donors (Lipinski definition) is 0. The molecule has 11 aromatic rings. The lowest BCUT2D eigenvalue weighted by Gasteiger charge is -2.42. The highest BCUT2D eigenvalue weighted by Crippen LogP contribution is 2.57. The predicted octanol–water partition coefficient (Wildman–Crippen LogP) is 14.4. The Balaban J connectivity index is 0.943. The summed E-state index contributed by atoms with van der Waals surface area (Å²) in [5, 5.41) is 0. The van der Waals surface area contributed by atoms with Gasteiger partial charge in [0.2, 0.25) is 0 Å². The molecule has 3 aliphatic carbocycles. The van der Waals surface area contributed by atoms with Crippen LogP contribution in [0.4, 0.5) is 0 Å². The summed E-state index contributed by atoms with van der Waals surface area (Å²) in [6, 6.07) is 72.8. The van der Waals surface area contributed by atoms with Crippen molar-refractivity contribution in [3.63, 3.8) is 0 Å². The zero-order valence-electron chi connectivity index (χ0n) is 36.8. The summed E-state index contributed by atoms with van der Waals surface area (Å²) in [6.45, 7) is 0. The van der Waals surface area contributed by atoms with E-state index < -0.39 is 0 Å². The van der Waals surface area contributed by atoms with Crippen molar-refractivity contribution in [1.82, 2.24) is 29.9 Å². The summed E-state index contributed by atoms with van der Waals surface area (Å²) in [4.78, 5) is 29.9. The lowest BCUT2D eigenvalue weighted by atomic mass is 9.60. The molecule has 2 unspecified atom stereocenters. The monoisotopic (exact) mass is 868 g/mol. The van der Waals surface area contributed by atoms with Crippen molar-refractivity contribution in [3.8, 4) is 90.1 Å². The van der Waals surface area contributed by atoms with Crippen molar-refractivity contribution in [2.75, 3.05) is 0 Å². The number of hydrogen-bond acceptors (Lipinski definition) is 6. The Kier molecular flexibility index (Phi) is 9.53. The Hall–Kier alpha value is -9.00. The smallest absolute Gasteiger partial charge is 0.160 e. The quantitative estimate of drug-likeness (QED) is 0.151. The molecule has 0 radical (unpaired) electrons. The van der Waals surface area contributed by atoms with Crippen molar-refractivity contribution in [2.24, 2.45) is 0 Å². The van der Waals surface area contributed by atoms with Gasteiger partial charge in [0.25, 0.3) is 0 Å². The minimum atomic E-state index is 0.0450. The lowest BCUT2D eigenvalue weighted by molar-refractivity contribution is 0.755. The highest BCUT2D eigenvalue weighted by atomic mass is 14.9. The molecular weight excluding hydrogens is 829 g/mol. The summed E-state index contributed by atoms with van der Waals surface area (Å²) >= 11 is 0. The Morgan fingerprint density at radius 1 is 0.250 bits per heavy atom. The van der Waals surface area contributed by atoms with Gasteiger partial charge < -0.3 is 0 Å². The molecular formula is C62H40N6. The van der Waals surface area contributed by atoms with E-state index in [-0.39, 0.29) is 11.8 Å². The Labute approximate surface area is 394 Å². The maximum atomic E-state index is 5.29. The molecule has 6 nitrogen and oxygen atoms in total. The number of aromatic nitrogens is 6. The van der Waals surface area contributed by atoms with Gasteiger partial charge in [0, 0.05) is 81.1 Å². The SMILES string of the molecule is c1ccc(-c2nc(-c3ccc4c(c3)C3c5ccccc5C4c4cc(-c5cc(-c6ccccc6-c6cccnc6)nc(-c6ccccc6)n5)ccc43)cc(-c3ccccc3-c3cccnc3)n2)cc1. The van der Waals surface area contributed by atoms with Crippen LogP contribution in [0.3, 0.4) is 0 Å². The zero-order chi connectivity index (χ0) is 45.0. The second-order valence-electron chi connectivity index (χ2n) is 17.4. The van der Waals surface area contributed by atoms with E-state index >= 15 is 0 Å². The Bertz CT molecular complexity index is 3440. The first-order chi connectivity index (χ1) is 33.7. The largest absolute Gasteiger partial charge is 0.264 e. The van der Waals surface area contributed by atoms with Crippen LogP contribution < -0.4 is 0 Å². The lowest BCUT2D eigenvalue weighted by Crippen LogP contribution is -2.27. The summed E-state index contributed by atoms with van der Waals surface area (Å²) in [6.07, 6.45) is 7.44. The van der Waals surface area contributed by atoms with Crippen LogP contribution in [0.15, 0.2) is 231 Å². The van der Waals surface area contributed by atoms with E-state index in [1.54, 1.807) is 0 Å². The standard InChI is InChI=1S/C62H40N6/c1-3-15-39(16-4-1)61-65-55(35-57(67-61)47-23-9-7-21-45(47)43-19-13-31-63-37-43)41-27-29-51-53(33-41)59-49-25-11-12-26-50(49)60(51)54-34-42(28-30-52(54)59)56-36-58(68-62(66-56)40-17-5-2-6-18-40)48-24-10-8-22-46(48)44-20-14-32-64-38-44/h1-38,59-60H. The van der Waals surface area contributed by atoms with Gasteiger partial charge in [0.05, 0.1) is 22.8 Å². The molecule has 4 heterocycles. The third-order valence-corrected chi connectivity index (χ3v) is 13.5. The van der Waals surface area contributed by atoms with Gasteiger partial charge in [-0.25, -0.2) is 19.9 Å². The summed E-state index contributed by atoms with van der Waals surface area (Å²) in [7, 11) is 0. The zero-order valence-corrected chi connectivity index (χ0v) is 36.8. The Morgan fingerprint density at radius 2 is 0.618 bits per heavy atom. The molecule has 2 bridgehead atoms. The fourth-order valence-electron chi connectivity index (χ4n) is 10.4. The van der Waals surface area contributed by atoms with Crippen molar-refractivity contribution in [3.05, 3.63) is 264 Å². The van der Waals surface area contributed by atoms with Gasteiger partial charge in [-0.3, -0.25) is 9.97 Å². The van der Waals surface area contributed by atoms with Crippen LogP contribution in [0.25, 0.3) is 90.1 Å². The number of rotatable bonds is 8. The van der Waals surface area contributed by atoms with E-state index in [4.69, 9.17) is 19.9 Å². The van der Waals surface area contributed by atoms with Crippen molar-refractivity contribution >= 4 is 0 Å². The molecule has 0 amide bonds. The van der Waals surface area contributed by atoms with E-state index in [0.717, 1.165) is 78.4 Å². The van der Waals surface area contributed by atoms with Crippen LogP contribution >= 0.6 is 0 Å². The molecule has 14 rings (SSSR count). The minimum absolute atomic E-state index is 0.0450. The average Bonchev–Trinajstić information content (AvgIpc) is 3.43. The highest BCUT2D eigenvalue weighted by molar-refractivity contribution is 5.86. The minimum Gasteiger partial charge on any atom is -0.264 e. The maximum Gasteiger partial charge on any atom is 0.160 e. The molecule has 2 atom stereocenters. The van der Waals surface area contributed by atoms with E-state index in [1.165, 1.54) is 33.4 Å². The van der Waals surface area contributed by atoms with Crippen molar-refractivity contribution in [2.45, 2.75) is 11.8 Å². The van der Waals surface area contributed by atoms with Crippen LogP contribution in [-0.2, 0) is 0 Å². The molecule has 0 saturated carbocycles. The van der Waals surface area contributed by atoms with Crippen LogP contribution in [0, 0.1) is 0 Å². The summed E-state index contributed by atoms with van der Waals surface area (Å²) in [5.74, 6) is 1.46. The maximum absolute atomic E-state index is 5.29. The number of pyridine rings is 2. The first-order valence-electron chi connectivity index (χ1n) is 23.0. The van der Waals surface area contributed by atoms with E-state index in [2.05, 4.69) is 168 Å². The van der Waals surface area contributed by atoms with E-state index in [1.807, 2.05) is 73.3 Å². The third kappa shape index (κ3) is 6.81. The van der Waals surface area contributed by atoms with Crippen LogP contribution in [0.5, 0.6) is 0 Å². The van der Waals surface area contributed by atoms with Crippen LogP contribution in [-0.4, -0.2) is 29.9 Å². The van der Waals surface area contributed by atoms with E-state index in [0.29, 0.717) is 11.6 Å². The first kappa shape index (κ1) is 39.4. The normalized spacial score (nSPS) is 14.2. The average molecular weight is 869 g/mol. The molecule has 4 aromatic heterocycles. The Morgan fingerprint density at radius 3 is 1.04 bits per heavy atom. The van der Waals surface area contributed by atoms with Gasteiger partial charge in [-0.05, 0) is 80.9 Å². The molecule has 318 valence electrons. The molecule has 0 N–H and O–H groups in total. The molecule has 3 aliphatic rings. The summed E-state index contributed by atoms with van der Waals surface area (Å²) < 4.78 is 0. The molecule has 0 saturated heterocycles. The van der Waals surface area contributed by atoms with Gasteiger partial charge in [-0.2, -0.15) is 0 Å². The van der Waals surface area contributed by atoms with Crippen molar-refractivity contribution in [1.29, 1.82) is 0 Å². The molecule has 0 spiro atoms. The molecule has 6 heteroatoms. The fourth-order valence-corrected chi connectivity index (χ4v) is 10.4. The molecule has 0 fully saturated rings. The van der Waals surface area contributed by atoms with Crippen LogP contribution in [0.1, 0.15) is 45.2 Å². The number of benzene rings is 7. The van der Waals surface area contributed by atoms with Gasteiger partial charge in [-0.15, -0.1) is 0 Å². The first-order valence-corrected chi connectivity index (χ1v) is 23.0. The van der Waals surface area contributed by atoms with Gasteiger partial charge in [0.1, 0.15) is 0 Å². The molecule has 0 aliphatic heterocycles. The van der Waals surface area contributed by atoms with Gasteiger partial charge in [-0.1, -0.05) is 170 Å². The second-order valence-corrected chi connectivity index (χ2v) is 17.4. The molecule has 68 heavy (non-hydrogen) atoms. The van der Waals surface area contributed by atoms with Gasteiger partial charge >= 0.3 is 0 Å².